The monoisotopic (exact) mass is 477 g/mol. The van der Waals surface area contributed by atoms with Crippen LogP contribution in [0.2, 0.25) is 0 Å². The van der Waals surface area contributed by atoms with E-state index in [9.17, 15) is 19.2 Å². The number of rotatable bonds is 10. The number of nitrogens with one attached hydrogen (secondary N) is 2. The minimum absolute atomic E-state index is 0.0552. The lowest BCUT2D eigenvalue weighted by Gasteiger charge is -2.25. The van der Waals surface area contributed by atoms with E-state index in [0.29, 0.717) is 18.5 Å². The summed E-state index contributed by atoms with van der Waals surface area (Å²) in [5, 5.41) is 2.76. The van der Waals surface area contributed by atoms with Crippen molar-refractivity contribution in [2.24, 2.45) is 0 Å². The second kappa shape index (κ2) is 11.8. The number of nitrogen functional groups attached to an aromatic ring is 1. The molecule has 3 aromatic rings. The SMILES string of the molecule is CCCCn1c(N)c(N(Cc2ccccc2)C(=O)CCNC(=O)c2ccccc2C)c(=O)[nH]c1=O. The minimum Gasteiger partial charge on any atom is -0.383 e. The fourth-order valence-electron chi connectivity index (χ4n) is 3.78. The number of carbonyl (C=O) groups is 2. The van der Waals surface area contributed by atoms with Crippen molar-refractivity contribution in [2.75, 3.05) is 17.2 Å². The van der Waals surface area contributed by atoms with E-state index in [1.54, 1.807) is 12.1 Å². The molecule has 0 radical (unpaired) electrons. The number of benzene rings is 2. The molecule has 4 N–H and O–H groups in total. The molecule has 0 unspecified atom stereocenters. The number of amides is 2. The van der Waals surface area contributed by atoms with Gasteiger partial charge in [0.1, 0.15) is 5.82 Å². The molecular weight excluding hydrogens is 446 g/mol. The van der Waals surface area contributed by atoms with Gasteiger partial charge in [-0.1, -0.05) is 61.9 Å². The summed E-state index contributed by atoms with van der Waals surface area (Å²) in [6.07, 6.45) is 1.46. The molecule has 0 aliphatic heterocycles. The lowest BCUT2D eigenvalue weighted by Crippen LogP contribution is -2.41. The van der Waals surface area contributed by atoms with Crippen molar-refractivity contribution < 1.29 is 9.59 Å². The van der Waals surface area contributed by atoms with Gasteiger partial charge in [0.05, 0.1) is 6.54 Å². The summed E-state index contributed by atoms with van der Waals surface area (Å²) in [4.78, 5) is 54.6. The molecule has 9 nitrogen and oxygen atoms in total. The van der Waals surface area contributed by atoms with Crippen molar-refractivity contribution in [3.63, 3.8) is 0 Å². The summed E-state index contributed by atoms with van der Waals surface area (Å²) < 4.78 is 1.28. The molecule has 3 rings (SSSR count). The average Bonchev–Trinajstić information content (AvgIpc) is 2.84. The third kappa shape index (κ3) is 6.26. The van der Waals surface area contributed by atoms with Crippen molar-refractivity contribution in [1.29, 1.82) is 0 Å². The highest BCUT2D eigenvalue weighted by molar-refractivity contribution is 5.97. The van der Waals surface area contributed by atoms with Crippen LogP contribution < -0.4 is 27.2 Å². The zero-order chi connectivity index (χ0) is 25.4. The summed E-state index contributed by atoms with van der Waals surface area (Å²) in [6.45, 7) is 4.30. The van der Waals surface area contributed by atoms with E-state index in [-0.39, 0.29) is 36.9 Å². The molecule has 0 bridgehead atoms. The fraction of sp³-hybridized carbons (Fsp3) is 0.308. The van der Waals surface area contributed by atoms with E-state index < -0.39 is 17.2 Å². The minimum atomic E-state index is -0.728. The number of nitrogens with zero attached hydrogens (tertiary/aromatic N) is 2. The molecule has 184 valence electrons. The van der Waals surface area contributed by atoms with Gasteiger partial charge in [0.15, 0.2) is 5.69 Å². The molecule has 0 spiro atoms. The third-order valence-electron chi connectivity index (χ3n) is 5.72. The first kappa shape index (κ1) is 25.5. The van der Waals surface area contributed by atoms with Gasteiger partial charge in [-0.2, -0.15) is 0 Å². The van der Waals surface area contributed by atoms with E-state index in [2.05, 4.69) is 10.3 Å². The summed E-state index contributed by atoms with van der Waals surface area (Å²) in [6, 6.07) is 16.3. The topological polar surface area (TPSA) is 130 Å². The summed E-state index contributed by atoms with van der Waals surface area (Å²) in [5.41, 5.74) is 7.01. The number of anilines is 2. The van der Waals surface area contributed by atoms with Crippen LogP contribution in [0.1, 0.15) is 47.7 Å². The van der Waals surface area contributed by atoms with Crippen molar-refractivity contribution in [2.45, 2.75) is 46.2 Å². The molecule has 0 fully saturated rings. The predicted molar refractivity (Wildman–Crippen MR) is 136 cm³/mol. The molecule has 0 saturated carbocycles. The normalized spacial score (nSPS) is 10.7. The smallest absolute Gasteiger partial charge is 0.330 e. The van der Waals surface area contributed by atoms with Crippen LogP contribution in [-0.2, 0) is 17.9 Å². The predicted octanol–water partition coefficient (Wildman–Crippen LogP) is 2.58. The maximum Gasteiger partial charge on any atom is 0.330 e. The Bertz CT molecular complexity index is 1300. The molecule has 0 aliphatic carbocycles. The number of unbranched alkanes of at least 4 members (excludes halogenated alkanes) is 1. The van der Waals surface area contributed by atoms with Gasteiger partial charge >= 0.3 is 5.69 Å². The number of nitrogens with two attached hydrogens (primary N) is 1. The van der Waals surface area contributed by atoms with Crippen molar-refractivity contribution in [1.82, 2.24) is 14.9 Å². The fourth-order valence-corrected chi connectivity index (χ4v) is 3.78. The second-order valence-electron chi connectivity index (χ2n) is 8.28. The van der Waals surface area contributed by atoms with Crippen LogP contribution >= 0.6 is 0 Å². The van der Waals surface area contributed by atoms with Gasteiger partial charge in [0.25, 0.3) is 11.5 Å². The van der Waals surface area contributed by atoms with Crippen LogP contribution in [0.5, 0.6) is 0 Å². The Labute approximate surface area is 203 Å². The Morgan fingerprint density at radius 3 is 2.43 bits per heavy atom. The second-order valence-corrected chi connectivity index (χ2v) is 8.28. The van der Waals surface area contributed by atoms with Crippen LogP contribution in [0.25, 0.3) is 0 Å². The van der Waals surface area contributed by atoms with Gasteiger partial charge < -0.3 is 16.0 Å². The molecule has 1 aromatic heterocycles. The Hall–Kier alpha value is -4.14. The summed E-state index contributed by atoms with van der Waals surface area (Å²) >= 11 is 0. The molecule has 2 aromatic carbocycles. The molecule has 1 heterocycles. The largest absolute Gasteiger partial charge is 0.383 e. The molecule has 0 atom stereocenters. The highest BCUT2D eigenvalue weighted by atomic mass is 16.2. The van der Waals surface area contributed by atoms with E-state index >= 15 is 0 Å². The van der Waals surface area contributed by atoms with Gasteiger partial charge in [-0.25, -0.2) is 4.79 Å². The Morgan fingerprint density at radius 2 is 1.74 bits per heavy atom. The number of aryl methyl sites for hydroxylation is 1. The molecular formula is C26H31N5O4. The van der Waals surface area contributed by atoms with Gasteiger partial charge in [-0.3, -0.25) is 23.9 Å². The number of aromatic amines is 1. The number of aromatic nitrogens is 2. The van der Waals surface area contributed by atoms with E-state index in [1.807, 2.05) is 56.3 Å². The highest BCUT2D eigenvalue weighted by Gasteiger charge is 2.24. The zero-order valence-electron chi connectivity index (χ0n) is 20.0. The van der Waals surface area contributed by atoms with Crippen LogP contribution in [0, 0.1) is 6.92 Å². The first-order valence-electron chi connectivity index (χ1n) is 11.6. The maximum atomic E-state index is 13.3. The Morgan fingerprint density at radius 1 is 1.06 bits per heavy atom. The first-order valence-corrected chi connectivity index (χ1v) is 11.6. The number of hydrogen-bond donors (Lipinski definition) is 3. The maximum absolute atomic E-state index is 13.3. The van der Waals surface area contributed by atoms with E-state index in [0.717, 1.165) is 17.5 Å². The molecule has 0 aliphatic rings. The van der Waals surface area contributed by atoms with Gasteiger partial charge in [-0.15, -0.1) is 0 Å². The summed E-state index contributed by atoms with van der Waals surface area (Å²) in [5.74, 6) is -0.742. The van der Waals surface area contributed by atoms with Gasteiger partial charge in [0, 0.05) is 25.1 Å². The average molecular weight is 478 g/mol. The first-order chi connectivity index (χ1) is 16.8. The van der Waals surface area contributed by atoms with Crippen LogP contribution in [0.3, 0.4) is 0 Å². The molecule has 0 saturated heterocycles. The van der Waals surface area contributed by atoms with E-state index in [4.69, 9.17) is 5.73 Å². The van der Waals surface area contributed by atoms with Crippen molar-refractivity contribution >= 4 is 23.3 Å². The Balaban J connectivity index is 1.87. The number of carbonyl (C=O) groups excluding carboxylic acids is 2. The van der Waals surface area contributed by atoms with E-state index in [1.165, 1.54) is 9.47 Å². The zero-order valence-corrected chi connectivity index (χ0v) is 20.0. The van der Waals surface area contributed by atoms with Gasteiger partial charge in [-0.05, 0) is 30.5 Å². The summed E-state index contributed by atoms with van der Waals surface area (Å²) in [7, 11) is 0. The Kier molecular flexibility index (Phi) is 8.61. The third-order valence-corrected chi connectivity index (χ3v) is 5.72. The standard InChI is InChI=1S/C26H31N5O4/c1-3-4-16-30-23(27)22(25(34)29-26(30)35)31(17-19-11-6-5-7-12-19)21(32)14-15-28-24(33)20-13-9-8-10-18(20)2/h5-13H,3-4,14-17,27H2,1-2H3,(H,28,33)(H,29,34,35). The quantitative estimate of drug-likeness (QED) is 0.413. The van der Waals surface area contributed by atoms with Crippen LogP contribution in [0.15, 0.2) is 64.2 Å². The molecule has 35 heavy (non-hydrogen) atoms. The van der Waals surface area contributed by atoms with Crippen molar-refractivity contribution in [3.05, 3.63) is 92.1 Å². The van der Waals surface area contributed by atoms with Crippen molar-refractivity contribution in [3.8, 4) is 0 Å². The van der Waals surface area contributed by atoms with Crippen LogP contribution in [-0.4, -0.2) is 27.9 Å². The van der Waals surface area contributed by atoms with Gasteiger partial charge in [0.2, 0.25) is 5.91 Å². The molecule has 2 amide bonds. The number of H-pyrrole nitrogens is 1. The highest BCUT2D eigenvalue weighted by Crippen LogP contribution is 2.21. The number of hydrogen-bond acceptors (Lipinski definition) is 5. The molecule has 9 heteroatoms. The van der Waals surface area contributed by atoms with Crippen LogP contribution in [0.4, 0.5) is 11.5 Å². The lowest BCUT2D eigenvalue weighted by atomic mass is 10.1. The lowest BCUT2D eigenvalue weighted by molar-refractivity contribution is -0.118.